The van der Waals surface area contributed by atoms with Crippen LogP contribution in [-0.4, -0.2) is 4.98 Å². The summed E-state index contributed by atoms with van der Waals surface area (Å²) in [5, 5.41) is 6.18. The van der Waals surface area contributed by atoms with Crippen molar-refractivity contribution < 1.29 is 4.39 Å². The molecular formula is C16H11Cl2FN2S. The molecule has 1 N–H and O–H groups in total. The zero-order valence-electron chi connectivity index (χ0n) is 11.5. The van der Waals surface area contributed by atoms with Gasteiger partial charge in [-0.3, -0.25) is 0 Å². The van der Waals surface area contributed by atoms with Gasteiger partial charge in [-0.15, -0.1) is 11.3 Å². The van der Waals surface area contributed by atoms with Crippen molar-refractivity contribution in [1.29, 1.82) is 0 Å². The number of nitrogens with one attached hydrogen (secondary N) is 1. The molecule has 6 heteroatoms. The number of aryl methyl sites for hydroxylation is 1. The Morgan fingerprint density at radius 1 is 1.14 bits per heavy atom. The first kappa shape index (κ1) is 15.3. The fourth-order valence-corrected chi connectivity index (χ4v) is 3.20. The molecule has 22 heavy (non-hydrogen) atoms. The molecule has 0 bridgehead atoms. The predicted octanol–water partition coefficient (Wildman–Crippen LogP) is 6.31. The van der Waals surface area contributed by atoms with Gasteiger partial charge in [-0.1, -0.05) is 41.4 Å². The third-order valence-corrected chi connectivity index (χ3v) is 4.54. The number of rotatable bonds is 3. The molecule has 0 unspecified atom stereocenters. The van der Waals surface area contributed by atoms with Gasteiger partial charge in [0.15, 0.2) is 5.13 Å². The lowest BCUT2D eigenvalue weighted by molar-refractivity contribution is 0.629. The molecule has 0 saturated carbocycles. The average molecular weight is 353 g/mol. The summed E-state index contributed by atoms with van der Waals surface area (Å²) in [7, 11) is 0. The molecule has 0 aliphatic heterocycles. The van der Waals surface area contributed by atoms with Crippen LogP contribution in [0.25, 0.3) is 11.3 Å². The third kappa shape index (κ3) is 3.09. The van der Waals surface area contributed by atoms with E-state index in [9.17, 15) is 4.39 Å². The maximum atomic E-state index is 13.6. The molecule has 2 aromatic carbocycles. The van der Waals surface area contributed by atoms with E-state index in [4.69, 9.17) is 23.2 Å². The summed E-state index contributed by atoms with van der Waals surface area (Å²) in [6, 6.07) is 10.6. The van der Waals surface area contributed by atoms with E-state index in [0.29, 0.717) is 16.3 Å². The van der Waals surface area contributed by atoms with Crippen LogP contribution in [0.1, 0.15) is 5.56 Å². The largest absolute Gasteiger partial charge is 0.331 e. The van der Waals surface area contributed by atoms with Crippen molar-refractivity contribution in [1.82, 2.24) is 4.98 Å². The van der Waals surface area contributed by atoms with E-state index >= 15 is 0 Å². The van der Waals surface area contributed by atoms with Crippen LogP contribution >= 0.6 is 34.5 Å². The van der Waals surface area contributed by atoms with Crippen molar-refractivity contribution in [2.24, 2.45) is 0 Å². The predicted molar refractivity (Wildman–Crippen MR) is 92.0 cm³/mol. The zero-order valence-corrected chi connectivity index (χ0v) is 13.9. The number of aromatic nitrogens is 1. The number of hydrogen-bond acceptors (Lipinski definition) is 3. The first-order chi connectivity index (χ1) is 10.5. The summed E-state index contributed by atoms with van der Waals surface area (Å²) in [6.45, 7) is 2.02. The van der Waals surface area contributed by atoms with Crippen LogP contribution in [0.4, 0.5) is 15.2 Å². The number of para-hydroxylation sites is 1. The Hall–Kier alpha value is -1.62. The maximum Gasteiger partial charge on any atom is 0.187 e. The highest BCUT2D eigenvalue weighted by atomic mass is 35.5. The lowest BCUT2D eigenvalue weighted by Crippen LogP contribution is -1.92. The summed E-state index contributed by atoms with van der Waals surface area (Å²) in [5.74, 6) is -0.512. The summed E-state index contributed by atoms with van der Waals surface area (Å²) in [4.78, 5) is 4.46. The highest BCUT2D eigenvalue weighted by Crippen LogP contribution is 2.34. The van der Waals surface area contributed by atoms with Crippen LogP contribution in [0.3, 0.4) is 0 Å². The molecule has 1 aromatic heterocycles. The van der Waals surface area contributed by atoms with Crippen molar-refractivity contribution in [3.8, 4) is 11.3 Å². The number of benzene rings is 2. The van der Waals surface area contributed by atoms with Gasteiger partial charge in [0.05, 0.1) is 15.7 Å². The molecule has 0 spiro atoms. The van der Waals surface area contributed by atoms with Gasteiger partial charge in [0.25, 0.3) is 0 Å². The Kier molecular flexibility index (Phi) is 4.34. The van der Waals surface area contributed by atoms with E-state index in [2.05, 4.69) is 10.3 Å². The second-order valence-corrected chi connectivity index (χ2v) is 6.40. The van der Waals surface area contributed by atoms with Crippen LogP contribution in [0.5, 0.6) is 0 Å². The second-order valence-electron chi connectivity index (χ2n) is 4.72. The van der Waals surface area contributed by atoms with Crippen LogP contribution in [-0.2, 0) is 0 Å². The van der Waals surface area contributed by atoms with E-state index in [1.807, 2.05) is 36.6 Å². The summed E-state index contributed by atoms with van der Waals surface area (Å²) >= 11 is 13.3. The molecule has 3 aromatic rings. The Morgan fingerprint density at radius 2 is 1.91 bits per heavy atom. The molecule has 0 radical (unpaired) electrons. The second kappa shape index (κ2) is 6.24. The lowest BCUT2D eigenvalue weighted by Gasteiger charge is -2.06. The average Bonchev–Trinajstić information content (AvgIpc) is 2.94. The number of nitrogens with zero attached hydrogens (tertiary/aromatic N) is 1. The van der Waals surface area contributed by atoms with Crippen molar-refractivity contribution in [2.45, 2.75) is 6.92 Å². The molecule has 1 heterocycles. The van der Waals surface area contributed by atoms with Crippen molar-refractivity contribution in [3.63, 3.8) is 0 Å². The van der Waals surface area contributed by atoms with Crippen LogP contribution in [0, 0.1) is 12.7 Å². The van der Waals surface area contributed by atoms with Gasteiger partial charge in [-0.25, -0.2) is 9.37 Å². The number of anilines is 2. The Morgan fingerprint density at radius 3 is 2.68 bits per heavy atom. The first-order valence-electron chi connectivity index (χ1n) is 6.47. The standard InChI is InChI=1S/C16H11Cl2FN2S/c1-9-4-2-3-5-14(9)20-16-21-15(8-22-16)10-6-13(19)12(18)7-11(10)17/h2-8H,1H3,(H,20,21). The molecular weight excluding hydrogens is 342 g/mol. The SMILES string of the molecule is Cc1ccccc1Nc1nc(-c2cc(F)c(Cl)cc2Cl)cs1. The quantitative estimate of drug-likeness (QED) is 0.558. The molecule has 2 nitrogen and oxygen atoms in total. The van der Waals surface area contributed by atoms with Gasteiger partial charge < -0.3 is 5.32 Å². The molecule has 0 atom stereocenters. The number of hydrogen-bond donors (Lipinski definition) is 1. The normalized spacial score (nSPS) is 10.7. The van der Waals surface area contributed by atoms with E-state index in [1.165, 1.54) is 23.5 Å². The van der Waals surface area contributed by atoms with Crippen molar-refractivity contribution in [3.05, 3.63) is 63.2 Å². The van der Waals surface area contributed by atoms with Crippen LogP contribution in [0.2, 0.25) is 10.0 Å². The topological polar surface area (TPSA) is 24.9 Å². The number of thiazole rings is 1. The monoisotopic (exact) mass is 352 g/mol. The number of halogens is 3. The summed E-state index contributed by atoms with van der Waals surface area (Å²) in [6.07, 6.45) is 0. The Labute approximate surface area is 141 Å². The van der Waals surface area contributed by atoms with Crippen LogP contribution in [0.15, 0.2) is 41.8 Å². The van der Waals surface area contributed by atoms with Gasteiger partial charge in [0.2, 0.25) is 0 Å². The van der Waals surface area contributed by atoms with Gasteiger partial charge >= 0.3 is 0 Å². The van der Waals surface area contributed by atoms with Gasteiger partial charge in [-0.05, 0) is 30.7 Å². The minimum Gasteiger partial charge on any atom is -0.331 e. The highest BCUT2D eigenvalue weighted by molar-refractivity contribution is 7.14. The van der Waals surface area contributed by atoms with E-state index < -0.39 is 5.82 Å². The Bertz CT molecular complexity index is 833. The van der Waals surface area contributed by atoms with Crippen molar-refractivity contribution >= 4 is 45.4 Å². The van der Waals surface area contributed by atoms with E-state index in [1.54, 1.807) is 0 Å². The van der Waals surface area contributed by atoms with Gasteiger partial charge in [0, 0.05) is 16.6 Å². The summed E-state index contributed by atoms with van der Waals surface area (Å²) < 4.78 is 13.6. The van der Waals surface area contributed by atoms with Crippen molar-refractivity contribution in [2.75, 3.05) is 5.32 Å². The van der Waals surface area contributed by atoms with E-state index in [0.717, 1.165) is 16.4 Å². The lowest BCUT2D eigenvalue weighted by atomic mass is 10.2. The Balaban J connectivity index is 1.91. The minimum atomic E-state index is -0.512. The van der Waals surface area contributed by atoms with Gasteiger partial charge in [-0.2, -0.15) is 0 Å². The van der Waals surface area contributed by atoms with Crippen LogP contribution < -0.4 is 5.32 Å². The fraction of sp³-hybridized carbons (Fsp3) is 0.0625. The fourth-order valence-electron chi connectivity index (χ4n) is 2.00. The van der Waals surface area contributed by atoms with E-state index in [-0.39, 0.29) is 5.02 Å². The summed E-state index contributed by atoms with van der Waals surface area (Å²) in [5.41, 5.74) is 3.24. The minimum absolute atomic E-state index is 0.00207. The molecule has 112 valence electrons. The molecule has 0 aliphatic carbocycles. The molecule has 0 aliphatic rings. The third-order valence-electron chi connectivity index (χ3n) is 3.18. The molecule has 0 saturated heterocycles. The highest BCUT2D eigenvalue weighted by Gasteiger charge is 2.12. The zero-order chi connectivity index (χ0) is 15.7. The molecule has 3 rings (SSSR count). The first-order valence-corrected chi connectivity index (χ1v) is 8.11. The smallest absolute Gasteiger partial charge is 0.187 e. The molecule has 0 amide bonds. The van der Waals surface area contributed by atoms with Gasteiger partial charge in [0.1, 0.15) is 5.82 Å². The maximum absolute atomic E-state index is 13.6. The molecule has 0 fully saturated rings.